The third-order valence-electron chi connectivity index (χ3n) is 3.91. The van der Waals surface area contributed by atoms with Crippen molar-refractivity contribution in [2.45, 2.75) is 31.3 Å². The largest absolute Gasteiger partial charge is 0.307 e. The summed E-state index contributed by atoms with van der Waals surface area (Å²) in [6.07, 6.45) is 1.13. The molecule has 2 aromatic rings. The predicted molar refractivity (Wildman–Crippen MR) is 83.2 cm³/mol. The molecule has 1 fully saturated rings. The Bertz CT molecular complexity index is 599. The molecule has 1 aliphatic carbocycles. The molecule has 0 heterocycles. The Morgan fingerprint density at radius 1 is 1.20 bits per heavy atom. The highest BCUT2D eigenvalue weighted by atomic mass is 79.9. The predicted octanol–water partition coefficient (Wildman–Crippen LogP) is 4.79. The first-order valence-electron chi connectivity index (χ1n) is 6.91. The van der Waals surface area contributed by atoms with Gasteiger partial charge in [0.05, 0.1) is 0 Å². The van der Waals surface area contributed by atoms with Crippen molar-refractivity contribution in [2.24, 2.45) is 0 Å². The summed E-state index contributed by atoms with van der Waals surface area (Å²) >= 11 is 3.40. The number of nitrogens with one attached hydrogen (secondary N) is 1. The van der Waals surface area contributed by atoms with Crippen LogP contribution in [0.1, 0.15) is 36.4 Å². The Hall–Kier alpha value is -1.19. The Labute approximate surface area is 127 Å². The molecule has 0 aromatic heterocycles. The zero-order valence-corrected chi connectivity index (χ0v) is 12.9. The standard InChI is InChI=1S/C17H17BrFN/c1-11(14-9-13(18)7-8-16(14)19)20-17-10-15(17)12-5-3-2-4-6-12/h2-9,11,15,17,20H,10H2,1H3. The van der Waals surface area contributed by atoms with Gasteiger partial charge in [0.2, 0.25) is 0 Å². The normalized spacial score (nSPS) is 22.6. The topological polar surface area (TPSA) is 12.0 Å². The lowest BCUT2D eigenvalue weighted by molar-refractivity contribution is 0.521. The average molecular weight is 334 g/mol. The molecule has 20 heavy (non-hydrogen) atoms. The van der Waals surface area contributed by atoms with E-state index in [9.17, 15) is 4.39 Å². The van der Waals surface area contributed by atoms with E-state index in [1.165, 1.54) is 11.6 Å². The van der Waals surface area contributed by atoms with Crippen molar-refractivity contribution in [3.8, 4) is 0 Å². The fourth-order valence-electron chi connectivity index (χ4n) is 2.71. The van der Waals surface area contributed by atoms with Crippen molar-refractivity contribution in [2.75, 3.05) is 0 Å². The molecular weight excluding hydrogens is 317 g/mol. The molecule has 2 aromatic carbocycles. The third kappa shape index (κ3) is 2.94. The molecule has 1 saturated carbocycles. The number of hydrogen-bond acceptors (Lipinski definition) is 1. The second-order valence-electron chi connectivity index (χ2n) is 5.41. The zero-order chi connectivity index (χ0) is 14.1. The fraction of sp³-hybridized carbons (Fsp3) is 0.294. The van der Waals surface area contributed by atoms with E-state index in [2.05, 4.69) is 45.5 Å². The molecule has 0 spiro atoms. The second-order valence-corrected chi connectivity index (χ2v) is 6.33. The lowest BCUT2D eigenvalue weighted by atomic mass is 10.1. The van der Waals surface area contributed by atoms with Crippen LogP contribution in [0.4, 0.5) is 4.39 Å². The summed E-state index contributed by atoms with van der Waals surface area (Å²) in [5.74, 6) is 0.416. The number of rotatable bonds is 4. The molecule has 3 atom stereocenters. The van der Waals surface area contributed by atoms with Crippen LogP contribution in [0.25, 0.3) is 0 Å². The number of hydrogen-bond donors (Lipinski definition) is 1. The van der Waals surface area contributed by atoms with E-state index in [0.717, 1.165) is 16.5 Å². The van der Waals surface area contributed by atoms with Gasteiger partial charge in [-0.3, -0.25) is 0 Å². The van der Waals surface area contributed by atoms with Crippen LogP contribution in [0.15, 0.2) is 53.0 Å². The van der Waals surface area contributed by atoms with Gasteiger partial charge < -0.3 is 5.32 Å². The van der Waals surface area contributed by atoms with Crippen LogP contribution in [-0.2, 0) is 0 Å². The van der Waals surface area contributed by atoms with Gasteiger partial charge in [-0.05, 0) is 37.1 Å². The zero-order valence-electron chi connectivity index (χ0n) is 11.3. The molecule has 0 bridgehead atoms. The highest BCUT2D eigenvalue weighted by Crippen LogP contribution is 2.42. The van der Waals surface area contributed by atoms with Gasteiger partial charge in [0.15, 0.2) is 0 Å². The van der Waals surface area contributed by atoms with Crippen molar-refractivity contribution in [3.63, 3.8) is 0 Å². The van der Waals surface area contributed by atoms with Crippen LogP contribution in [0.3, 0.4) is 0 Å². The first-order valence-corrected chi connectivity index (χ1v) is 7.70. The van der Waals surface area contributed by atoms with E-state index in [4.69, 9.17) is 0 Å². The van der Waals surface area contributed by atoms with Crippen LogP contribution in [0.5, 0.6) is 0 Å². The Morgan fingerprint density at radius 3 is 2.70 bits per heavy atom. The summed E-state index contributed by atoms with van der Waals surface area (Å²) in [5.41, 5.74) is 2.09. The first kappa shape index (κ1) is 13.8. The first-order chi connectivity index (χ1) is 9.65. The van der Waals surface area contributed by atoms with Crippen LogP contribution in [0.2, 0.25) is 0 Å². The molecule has 3 heteroatoms. The quantitative estimate of drug-likeness (QED) is 0.847. The van der Waals surface area contributed by atoms with Gasteiger partial charge in [0.1, 0.15) is 5.82 Å². The number of benzene rings is 2. The lowest BCUT2D eigenvalue weighted by Crippen LogP contribution is -2.23. The minimum Gasteiger partial charge on any atom is -0.307 e. The van der Waals surface area contributed by atoms with Crippen LogP contribution in [0, 0.1) is 5.82 Å². The van der Waals surface area contributed by atoms with Crippen molar-refractivity contribution < 1.29 is 4.39 Å². The smallest absolute Gasteiger partial charge is 0.128 e. The van der Waals surface area contributed by atoms with E-state index in [-0.39, 0.29) is 11.9 Å². The van der Waals surface area contributed by atoms with Gasteiger partial charge in [-0.2, -0.15) is 0 Å². The van der Waals surface area contributed by atoms with E-state index in [0.29, 0.717) is 12.0 Å². The summed E-state index contributed by atoms with van der Waals surface area (Å²) in [6.45, 7) is 2.02. The van der Waals surface area contributed by atoms with Crippen LogP contribution < -0.4 is 5.32 Å². The fourth-order valence-corrected chi connectivity index (χ4v) is 3.08. The molecule has 0 radical (unpaired) electrons. The lowest BCUT2D eigenvalue weighted by Gasteiger charge is -2.15. The van der Waals surface area contributed by atoms with Crippen LogP contribution >= 0.6 is 15.9 Å². The summed E-state index contributed by atoms with van der Waals surface area (Å²) in [4.78, 5) is 0. The molecule has 3 rings (SSSR count). The molecular formula is C17H17BrFN. The van der Waals surface area contributed by atoms with Crippen molar-refractivity contribution in [3.05, 3.63) is 69.9 Å². The molecule has 1 N–H and O–H groups in total. The second kappa shape index (κ2) is 5.66. The molecule has 104 valence electrons. The average Bonchev–Trinajstić information content (AvgIpc) is 3.21. The highest BCUT2D eigenvalue weighted by molar-refractivity contribution is 9.10. The van der Waals surface area contributed by atoms with Gasteiger partial charge in [-0.25, -0.2) is 4.39 Å². The summed E-state index contributed by atoms with van der Waals surface area (Å²) in [5, 5.41) is 3.53. The minimum absolute atomic E-state index is 0.0196. The number of halogens is 2. The molecule has 0 amide bonds. The van der Waals surface area contributed by atoms with Gasteiger partial charge in [0.25, 0.3) is 0 Å². The van der Waals surface area contributed by atoms with Gasteiger partial charge in [-0.15, -0.1) is 0 Å². The molecule has 1 nitrogen and oxygen atoms in total. The van der Waals surface area contributed by atoms with E-state index >= 15 is 0 Å². The van der Waals surface area contributed by atoms with Crippen molar-refractivity contribution in [1.82, 2.24) is 5.32 Å². The minimum atomic E-state index is -0.148. The van der Waals surface area contributed by atoms with Crippen LogP contribution in [-0.4, -0.2) is 6.04 Å². The van der Waals surface area contributed by atoms with Gasteiger partial charge in [0, 0.05) is 28.0 Å². The SMILES string of the molecule is CC(NC1CC1c1ccccc1)c1cc(Br)ccc1F. The summed E-state index contributed by atoms with van der Waals surface area (Å²) < 4.78 is 14.8. The highest BCUT2D eigenvalue weighted by Gasteiger charge is 2.39. The third-order valence-corrected chi connectivity index (χ3v) is 4.40. The van der Waals surface area contributed by atoms with E-state index < -0.39 is 0 Å². The van der Waals surface area contributed by atoms with Gasteiger partial charge in [-0.1, -0.05) is 46.3 Å². The maximum Gasteiger partial charge on any atom is 0.128 e. The van der Waals surface area contributed by atoms with E-state index in [1.54, 1.807) is 6.07 Å². The molecule has 0 aliphatic heterocycles. The maximum atomic E-state index is 13.9. The van der Waals surface area contributed by atoms with E-state index in [1.807, 2.05) is 19.1 Å². The molecule has 1 aliphatic rings. The molecule has 0 saturated heterocycles. The molecule has 3 unspecified atom stereocenters. The Kier molecular flexibility index (Phi) is 3.90. The monoisotopic (exact) mass is 333 g/mol. The summed E-state index contributed by atoms with van der Waals surface area (Å²) in [6, 6.07) is 16.1. The van der Waals surface area contributed by atoms with Crippen molar-refractivity contribution >= 4 is 15.9 Å². The summed E-state index contributed by atoms with van der Waals surface area (Å²) in [7, 11) is 0. The van der Waals surface area contributed by atoms with Gasteiger partial charge >= 0.3 is 0 Å². The Balaban J connectivity index is 1.66. The Morgan fingerprint density at radius 2 is 1.95 bits per heavy atom. The maximum absolute atomic E-state index is 13.9. The van der Waals surface area contributed by atoms with Crippen molar-refractivity contribution in [1.29, 1.82) is 0 Å².